The van der Waals surface area contributed by atoms with Crippen LogP contribution < -0.4 is 0 Å². The molecule has 2 unspecified atom stereocenters. The molecule has 6 nitrogen and oxygen atoms in total. The van der Waals surface area contributed by atoms with Crippen LogP contribution in [0, 0.1) is 17.3 Å². The average molecular weight is 495 g/mol. The molecular formula is C24H29F3N4O2S. The molecular weight excluding hydrogens is 465 g/mol. The van der Waals surface area contributed by atoms with Crippen LogP contribution in [0.25, 0.3) is 11.4 Å². The van der Waals surface area contributed by atoms with E-state index in [0.717, 1.165) is 50.3 Å². The molecule has 0 radical (unpaired) electrons. The lowest BCUT2D eigenvalue weighted by Crippen LogP contribution is -2.50. The molecule has 2 saturated carbocycles. The van der Waals surface area contributed by atoms with Gasteiger partial charge in [-0.3, -0.25) is 4.90 Å². The van der Waals surface area contributed by atoms with Crippen molar-refractivity contribution in [3.05, 3.63) is 35.7 Å². The van der Waals surface area contributed by atoms with Crippen LogP contribution >= 0.6 is 0 Å². The number of hydrogen-bond acceptors (Lipinski definition) is 5. The van der Waals surface area contributed by atoms with Crippen molar-refractivity contribution < 1.29 is 21.6 Å². The lowest BCUT2D eigenvalue weighted by Gasteiger charge is -2.38. The van der Waals surface area contributed by atoms with E-state index in [1.807, 2.05) is 18.5 Å². The predicted octanol–water partition coefficient (Wildman–Crippen LogP) is 4.16. The van der Waals surface area contributed by atoms with E-state index in [2.05, 4.69) is 10.00 Å². The van der Waals surface area contributed by atoms with Gasteiger partial charge in [0, 0.05) is 35.5 Å². The molecule has 4 atom stereocenters. The topological polar surface area (TPSA) is 68.1 Å². The normalized spacial score (nSPS) is 31.7. The van der Waals surface area contributed by atoms with E-state index >= 15 is 0 Å². The number of rotatable bonds is 4. The van der Waals surface area contributed by atoms with Gasteiger partial charge in [-0.05, 0) is 63.6 Å². The molecule has 1 aromatic carbocycles. The van der Waals surface area contributed by atoms with Crippen LogP contribution in [0.1, 0.15) is 56.5 Å². The zero-order valence-corrected chi connectivity index (χ0v) is 20.1. The van der Waals surface area contributed by atoms with E-state index in [1.165, 1.54) is 6.07 Å². The molecule has 34 heavy (non-hydrogen) atoms. The van der Waals surface area contributed by atoms with Crippen molar-refractivity contribution >= 4 is 9.84 Å². The fourth-order valence-electron chi connectivity index (χ4n) is 6.80. The van der Waals surface area contributed by atoms with E-state index in [9.17, 15) is 21.6 Å². The summed E-state index contributed by atoms with van der Waals surface area (Å²) in [6, 6.07) is 5.78. The van der Waals surface area contributed by atoms with Gasteiger partial charge in [-0.25, -0.2) is 18.1 Å². The molecule has 2 saturated heterocycles. The van der Waals surface area contributed by atoms with Gasteiger partial charge >= 0.3 is 6.18 Å². The first-order valence-electron chi connectivity index (χ1n) is 12.0. The molecule has 6 rings (SSSR count). The molecule has 4 fully saturated rings. The van der Waals surface area contributed by atoms with Crippen LogP contribution in [-0.4, -0.2) is 58.7 Å². The van der Waals surface area contributed by atoms with Gasteiger partial charge in [0.1, 0.15) is 5.82 Å². The number of likely N-dealkylation sites (tertiary alicyclic amines) is 1. The number of halogens is 3. The molecule has 0 amide bonds. The maximum Gasteiger partial charge on any atom is 0.416 e. The third kappa shape index (κ3) is 3.68. The minimum absolute atomic E-state index is 0.0112. The molecule has 184 valence electrons. The Bertz CT molecular complexity index is 1220. The van der Waals surface area contributed by atoms with Crippen LogP contribution in [0.15, 0.2) is 24.3 Å². The Morgan fingerprint density at radius 3 is 2.47 bits per heavy atom. The fraction of sp³-hybridized carbons (Fsp3) is 0.667. The Hall–Kier alpha value is -1.94. The highest BCUT2D eigenvalue weighted by atomic mass is 32.2. The van der Waals surface area contributed by atoms with Gasteiger partial charge in [-0.1, -0.05) is 12.1 Å². The minimum Gasteiger partial charge on any atom is -0.300 e. The second-order valence-corrected chi connectivity index (χ2v) is 13.2. The van der Waals surface area contributed by atoms with Gasteiger partial charge in [0.2, 0.25) is 0 Å². The first-order chi connectivity index (χ1) is 15.9. The molecule has 10 heteroatoms. The van der Waals surface area contributed by atoms with Crippen molar-refractivity contribution in [2.75, 3.05) is 24.6 Å². The molecule has 1 aromatic heterocycles. The zero-order chi connectivity index (χ0) is 24.0. The van der Waals surface area contributed by atoms with Crippen LogP contribution in [0.5, 0.6) is 0 Å². The van der Waals surface area contributed by atoms with Gasteiger partial charge < -0.3 is 0 Å². The first-order valence-corrected chi connectivity index (χ1v) is 13.9. The predicted molar refractivity (Wildman–Crippen MR) is 121 cm³/mol. The van der Waals surface area contributed by atoms with Crippen molar-refractivity contribution in [2.45, 2.75) is 57.3 Å². The number of aromatic nitrogens is 3. The highest BCUT2D eigenvalue weighted by Crippen LogP contribution is 2.64. The summed E-state index contributed by atoms with van der Waals surface area (Å²) in [5.74, 6) is 3.25. The summed E-state index contributed by atoms with van der Waals surface area (Å²) in [5, 5.41) is 4.61. The van der Waals surface area contributed by atoms with Crippen molar-refractivity contribution in [1.82, 2.24) is 19.7 Å². The highest BCUT2D eigenvalue weighted by Gasteiger charge is 2.61. The first kappa shape index (κ1) is 22.5. The van der Waals surface area contributed by atoms with Gasteiger partial charge in [0.05, 0.1) is 17.1 Å². The summed E-state index contributed by atoms with van der Waals surface area (Å²) in [7, 11) is -2.82. The van der Waals surface area contributed by atoms with Gasteiger partial charge in [-0.2, -0.15) is 18.3 Å². The summed E-state index contributed by atoms with van der Waals surface area (Å²) >= 11 is 0. The van der Waals surface area contributed by atoms with Crippen molar-refractivity contribution in [1.29, 1.82) is 0 Å². The quantitative estimate of drug-likeness (QED) is 0.639. The number of sulfone groups is 1. The molecule has 2 aliphatic carbocycles. The number of alkyl halides is 3. The van der Waals surface area contributed by atoms with Gasteiger partial charge in [0.15, 0.2) is 15.7 Å². The lowest BCUT2D eigenvalue weighted by atomic mass is 9.91. The summed E-state index contributed by atoms with van der Waals surface area (Å²) in [6.07, 6.45) is -1.28. The van der Waals surface area contributed by atoms with Crippen molar-refractivity contribution in [3.8, 4) is 11.4 Å². The van der Waals surface area contributed by atoms with Crippen LogP contribution in [0.3, 0.4) is 0 Å². The maximum atomic E-state index is 13.2. The highest BCUT2D eigenvalue weighted by molar-refractivity contribution is 7.92. The summed E-state index contributed by atoms with van der Waals surface area (Å²) in [5.41, 5.74) is -0.318. The summed E-state index contributed by atoms with van der Waals surface area (Å²) in [4.78, 5) is 7.26. The molecule has 2 aromatic rings. The lowest BCUT2D eigenvalue weighted by molar-refractivity contribution is -0.137. The van der Waals surface area contributed by atoms with Crippen molar-refractivity contribution in [3.63, 3.8) is 0 Å². The van der Waals surface area contributed by atoms with Crippen LogP contribution in [-0.2, 0) is 16.0 Å². The SMILES string of the molecule is CC(C)n1nc(-c2cccc(C(F)(F)F)c2)nc1C1[C@H]2CC(N3CCC4(C3)CS(=O)(=O)C4)C[C@@H]12. The molecule has 3 heterocycles. The number of benzene rings is 1. The second kappa shape index (κ2) is 7.29. The average Bonchev–Trinajstić information content (AvgIpc) is 3.18. The monoisotopic (exact) mass is 494 g/mol. The molecule has 1 spiro atoms. The Morgan fingerprint density at radius 1 is 1.15 bits per heavy atom. The van der Waals surface area contributed by atoms with Gasteiger partial charge in [-0.15, -0.1) is 0 Å². The van der Waals surface area contributed by atoms with Crippen LogP contribution in [0.2, 0.25) is 0 Å². The number of fused-ring (bicyclic) bond motifs is 1. The molecule has 0 N–H and O–H groups in total. The third-order valence-corrected chi connectivity index (χ3v) is 10.5. The van der Waals surface area contributed by atoms with E-state index < -0.39 is 21.6 Å². The van der Waals surface area contributed by atoms with E-state index in [4.69, 9.17) is 4.98 Å². The van der Waals surface area contributed by atoms with E-state index in [1.54, 1.807) is 6.07 Å². The second-order valence-electron chi connectivity index (χ2n) is 11.1. The van der Waals surface area contributed by atoms with E-state index in [-0.39, 0.29) is 11.5 Å². The number of hydrogen-bond donors (Lipinski definition) is 0. The molecule has 2 aliphatic heterocycles. The largest absolute Gasteiger partial charge is 0.416 e. The Morgan fingerprint density at radius 2 is 1.85 bits per heavy atom. The van der Waals surface area contributed by atoms with Crippen LogP contribution in [0.4, 0.5) is 13.2 Å². The Kier molecular flexibility index (Phi) is 4.83. The smallest absolute Gasteiger partial charge is 0.300 e. The minimum atomic E-state index is -4.40. The standard InChI is InChI=1S/C24H29F3N4O2S/c1-14(2)31-22(28-21(29-31)15-4-3-5-16(8-15)24(25,26)27)20-18-9-17(10-19(18)20)30-7-6-23(11-30)12-34(32,33)13-23/h3-5,8,14,17-20H,6-7,9-13H2,1-2H3/t17?,18-,19+,20?. The fourth-order valence-corrected chi connectivity index (χ4v) is 9.05. The van der Waals surface area contributed by atoms with Crippen molar-refractivity contribution in [2.24, 2.45) is 17.3 Å². The Balaban J connectivity index is 1.17. The molecule has 4 aliphatic rings. The zero-order valence-electron chi connectivity index (χ0n) is 19.3. The Labute approximate surface area is 197 Å². The van der Waals surface area contributed by atoms with E-state index in [0.29, 0.717) is 46.7 Å². The summed E-state index contributed by atoms with van der Waals surface area (Å²) < 4.78 is 64.9. The molecule has 0 bridgehead atoms. The number of nitrogens with zero attached hydrogens (tertiary/aromatic N) is 4. The third-order valence-electron chi connectivity index (χ3n) is 8.35. The van der Waals surface area contributed by atoms with Gasteiger partial charge in [0.25, 0.3) is 0 Å². The maximum absolute atomic E-state index is 13.2. The summed E-state index contributed by atoms with van der Waals surface area (Å²) in [6.45, 7) is 5.91.